The SMILES string of the molecule is CC(C)c1c2c(nn1C)CCc1cnc(N)nc1-2. The lowest BCUT2D eigenvalue weighted by atomic mass is 9.90. The van der Waals surface area contributed by atoms with Crippen LogP contribution in [0.4, 0.5) is 5.95 Å². The standard InChI is InChI=1S/C13H17N5/c1-7(2)12-10-9(17-18(12)3)5-4-8-6-15-13(14)16-11(8)10/h6-7H,4-5H2,1-3H3,(H2,14,15,16). The van der Waals surface area contributed by atoms with Crippen molar-refractivity contribution in [3.63, 3.8) is 0 Å². The number of anilines is 1. The van der Waals surface area contributed by atoms with Crippen molar-refractivity contribution in [1.82, 2.24) is 19.7 Å². The molecule has 0 aromatic carbocycles. The largest absolute Gasteiger partial charge is 0.368 e. The lowest BCUT2D eigenvalue weighted by Gasteiger charge is -2.16. The molecule has 2 N–H and O–H groups in total. The van der Waals surface area contributed by atoms with Crippen LogP contribution in [0.5, 0.6) is 0 Å². The maximum absolute atomic E-state index is 5.72. The first-order valence-corrected chi connectivity index (χ1v) is 6.25. The summed E-state index contributed by atoms with van der Waals surface area (Å²) in [5, 5.41) is 4.62. The number of nitrogens with zero attached hydrogens (tertiary/aromatic N) is 4. The van der Waals surface area contributed by atoms with Crippen LogP contribution >= 0.6 is 0 Å². The predicted octanol–water partition coefficient (Wildman–Crippen LogP) is 1.68. The average molecular weight is 243 g/mol. The van der Waals surface area contributed by atoms with Gasteiger partial charge in [-0.3, -0.25) is 4.68 Å². The summed E-state index contributed by atoms with van der Waals surface area (Å²) in [4.78, 5) is 8.51. The summed E-state index contributed by atoms with van der Waals surface area (Å²) in [7, 11) is 2.00. The van der Waals surface area contributed by atoms with E-state index in [0.29, 0.717) is 11.9 Å². The number of fused-ring (bicyclic) bond motifs is 3. The Morgan fingerprint density at radius 2 is 2.11 bits per heavy atom. The van der Waals surface area contributed by atoms with Gasteiger partial charge in [0, 0.05) is 18.8 Å². The Balaban J connectivity index is 2.30. The molecular formula is C13H17N5. The molecule has 1 aliphatic carbocycles. The van der Waals surface area contributed by atoms with Crippen molar-refractivity contribution in [3.05, 3.63) is 23.1 Å². The van der Waals surface area contributed by atoms with Crippen LogP contribution in [-0.4, -0.2) is 19.7 Å². The van der Waals surface area contributed by atoms with Crippen molar-refractivity contribution >= 4 is 5.95 Å². The molecule has 18 heavy (non-hydrogen) atoms. The van der Waals surface area contributed by atoms with Crippen LogP contribution in [0.25, 0.3) is 11.3 Å². The van der Waals surface area contributed by atoms with E-state index in [4.69, 9.17) is 5.73 Å². The molecule has 0 aliphatic heterocycles. The van der Waals surface area contributed by atoms with E-state index in [-0.39, 0.29) is 0 Å². The van der Waals surface area contributed by atoms with Crippen molar-refractivity contribution < 1.29 is 0 Å². The van der Waals surface area contributed by atoms with Crippen LogP contribution in [0.15, 0.2) is 6.20 Å². The molecule has 2 aromatic rings. The smallest absolute Gasteiger partial charge is 0.220 e. The Kier molecular flexibility index (Phi) is 2.36. The van der Waals surface area contributed by atoms with Gasteiger partial charge in [-0.15, -0.1) is 0 Å². The van der Waals surface area contributed by atoms with Crippen LogP contribution in [0.1, 0.15) is 36.7 Å². The predicted molar refractivity (Wildman–Crippen MR) is 70.1 cm³/mol. The van der Waals surface area contributed by atoms with E-state index in [1.54, 1.807) is 0 Å². The van der Waals surface area contributed by atoms with Crippen molar-refractivity contribution in [2.45, 2.75) is 32.6 Å². The first kappa shape index (κ1) is 11.2. The summed E-state index contributed by atoms with van der Waals surface area (Å²) in [6, 6.07) is 0. The second-order valence-electron chi connectivity index (χ2n) is 5.09. The number of nitrogens with two attached hydrogens (primary N) is 1. The molecule has 0 bridgehead atoms. The Hall–Kier alpha value is -1.91. The molecular weight excluding hydrogens is 226 g/mol. The van der Waals surface area contributed by atoms with Crippen molar-refractivity contribution in [2.24, 2.45) is 7.05 Å². The van der Waals surface area contributed by atoms with E-state index >= 15 is 0 Å². The third-order valence-electron chi connectivity index (χ3n) is 3.46. The number of hydrogen-bond donors (Lipinski definition) is 1. The zero-order valence-corrected chi connectivity index (χ0v) is 10.9. The molecule has 0 amide bonds. The summed E-state index contributed by atoms with van der Waals surface area (Å²) < 4.78 is 1.97. The monoisotopic (exact) mass is 243 g/mol. The minimum atomic E-state index is 0.333. The number of aromatic nitrogens is 4. The summed E-state index contributed by atoms with van der Waals surface area (Å²) in [5.41, 5.74) is 11.4. The zero-order chi connectivity index (χ0) is 12.9. The third kappa shape index (κ3) is 1.50. The van der Waals surface area contributed by atoms with Gasteiger partial charge in [-0.1, -0.05) is 13.8 Å². The molecule has 94 valence electrons. The molecule has 0 saturated heterocycles. The highest BCUT2D eigenvalue weighted by Crippen LogP contribution is 2.37. The first-order chi connectivity index (χ1) is 8.58. The number of nitrogen functional groups attached to an aromatic ring is 1. The van der Waals surface area contributed by atoms with E-state index in [2.05, 4.69) is 28.9 Å². The molecule has 5 heteroatoms. The summed E-state index contributed by atoms with van der Waals surface area (Å²) in [6.45, 7) is 4.35. The molecule has 5 nitrogen and oxygen atoms in total. The third-order valence-corrected chi connectivity index (χ3v) is 3.46. The number of rotatable bonds is 1. The first-order valence-electron chi connectivity index (χ1n) is 6.25. The Morgan fingerprint density at radius 3 is 2.83 bits per heavy atom. The van der Waals surface area contributed by atoms with Gasteiger partial charge in [0.1, 0.15) is 0 Å². The molecule has 0 fully saturated rings. The fourth-order valence-electron chi connectivity index (χ4n) is 2.76. The van der Waals surface area contributed by atoms with Crippen molar-refractivity contribution in [3.8, 4) is 11.3 Å². The average Bonchev–Trinajstić information content (AvgIpc) is 2.65. The van der Waals surface area contributed by atoms with Gasteiger partial charge in [-0.2, -0.15) is 5.10 Å². The fourth-order valence-corrected chi connectivity index (χ4v) is 2.76. The molecule has 0 unspecified atom stereocenters. The molecule has 0 spiro atoms. The van der Waals surface area contributed by atoms with Crippen LogP contribution in [-0.2, 0) is 19.9 Å². The van der Waals surface area contributed by atoms with E-state index in [9.17, 15) is 0 Å². The van der Waals surface area contributed by atoms with Gasteiger partial charge in [0.2, 0.25) is 5.95 Å². The van der Waals surface area contributed by atoms with Crippen molar-refractivity contribution in [2.75, 3.05) is 5.73 Å². The highest BCUT2D eigenvalue weighted by Gasteiger charge is 2.26. The van der Waals surface area contributed by atoms with Crippen LogP contribution in [0.2, 0.25) is 0 Å². The molecule has 3 rings (SSSR count). The topological polar surface area (TPSA) is 69.6 Å². The molecule has 2 aromatic heterocycles. The Morgan fingerprint density at radius 1 is 1.33 bits per heavy atom. The fraction of sp³-hybridized carbons (Fsp3) is 0.462. The second-order valence-corrected chi connectivity index (χ2v) is 5.09. The van der Waals surface area contributed by atoms with Gasteiger partial charge < -0.3 is 5.73 Å². The second kappa shape index (κ2) is 3.80. The number of aryl methyl sites for hydroxylation is 3. The van der Waals surface area contributed by atoms with Crippen molar-refractivity contribution in [1.29, 1.82) is 0 Å². The highest BCUT2D eigenvalue weighted by molar-refractivity contribution is 5.71. The van der Waals surface area contributed by atoms with Gasteiger partial charge in [0.05, 0.1) is 17.1 Å². The van der Waals surface area contributed by atoms with Crippen LogP contribution < -0.4 is 5.73 Å². The van der Waals surface area contributed by atoms with E-state index in [1.165, 1.54) is 16.8 Å². The minimum absolute atomic E-state index is 0.333. The van der Waals surface area contributed by atoms with Gasteiger partial charge in [0.25, 0.3) is 0 Å². The summed E-state index contributed by atoms with van der Waals surface area (Å²) in [5.74, 6) is 0.744. The van der Waals surface area contributed by atoms with Gasteiger partial charge in [-0.05, 0) is 24.3 Å². The zero-order valence-electron chi connectivity index (χ0n) is 10.9. The summed E-state index contributed by atoms with van der Waals surface area (Å²) in [6.07, 6.45) is 3.74. The lowest BCUT2D eigenvalue weighted by molar-refractivity contribution is 0.662. The summed E-state index contributed by atoms with van der Waals surface area (Å²) >= 11 is 0. The number of hydrogen-bond acceptors (Lipinski definition) is 4. The molecule has 1 aliphatic rings. The van der Waals surface area contributed by atoms with Gasteiger partial charge >= 0.3 is 0 Å². The highest BCUT2D eigenvalue weighted by atomic mass is 15.3. The molecule has 0 radical (unpaired) electrons. The molecule has 2 heterocycles. The van der Waals surface area contributed by atoms with Gasteiger partial charge in [0.15, 0.2) is 0 Å². The minimum Gasteiger partial charge on any atom is -0.368 e. The van der Waals surface area contributed by atoms with Crippen LogP contribution in [0, 0.1) is 0 Å². The maximum Gasteiger partial charge on any atom is 0.220 e. The Bertz CT molecular complexity index is 612. The quantitative estimate of drug-likeness (QED) is 0.827. The molecule has 0 atom stereocenters. The van der Waals surface area contributed by atoms with E-state index in [1.807, 2.05) is 17.9 Å². The maximum atomic E-state index is 5.72. The van der Waals surface area contributed by atoms with E-state index in [0.717, 1.165) is 24.2 Å². The Labute approximate surface area is 106 Å². The normalized spacial score (nSPS) is 13.6. The lowest BCUT2D eigenvalue weighted by Crippen LogP contribution is -2.09. The van der Waals surface area contributed by atoms with Crippen LogP contribution in [0.3, 0.4) is 0 Å². The van der Waals surface area contributed by atoms with E-state index < -0.39 is 0 Å². The van der Waals surface area contributed by atoms with Gasteiger partial charge in [-0.25, -0.2) is 9.97 Å². The molecule has 0 saturated carbocycles.